The second-order valence-electron chi connectivity index (χ2n) is 7.17. The summed E-state index contributed by atoms with van der Waals surface area (Å²) in [6.07, 6.45) is 1.04. The molecule has 0 spiro atoms. The summed E-state index contributed by atoms with van der Waals surface area (Å²) in [5.41, 5.74) is 1.78. The molecule has 2 aromatic rings. The van der Waals surface area contributed by atoms with Gasteiger partial charge in [-0.25, -0.2) is 0 Å². The second-order valence-corrected chi connectivity index (χ2v) is 7.60. The molecule has 0 bridgehead atoms. The minimum Gasteiger partial charge on any atom is -0.497 e. The van der Waals surface area contributed by atoms with E-state index in [0.29, 0.717) is 11.6 Å². The van der Waals surface area contributed by atoms with E-state index in [0.717, 1.165) is 23.3 Å². The van der Waals surface area contributed by atoms with E-state index in [-0.39, 0.29) is 24.3 Å². The molecule has 2 unspecified atom stereocenters. The normalized spacial score (nSPS) is 12.7. The van der Waals surface area contributed by atoms with Gasteiger partial charge in [0, 0.05) is 17.6 Å². The molecule has 0 aliphatic heterocycles. The molecule has 2 rings (SSSR count). The number of hydrogen-bond acceptors (Lipinski definition) is 3. The van der Waals surface area contributed by atoms with Crippen molar-refractivity contribution in [1.29, 1.82) is 0 Å². The van der Waals surface area contributed by atoms with Crippen LogP contribution in [-0.2, 0) is 22.6 Å². The fraction of sp³-hybridized carbons (Fsp3) is 0.391. The first-order chi connectivity index (χ1) is 13.8. The summed E-state index contributed by atoms with van der Waals surface area (Å²) < 4.78 is 5.17. The van der Waals surface area contributed by atoms with Crippen LogP contribution in [-0.4, -0.2) is 35.9 Å². The molecule has 0 aromatic heterocycles. The van der Waals surface area contributed by atoms with E-state index >= 15 is 0 Å². The van der Waals surface area contributed by atoms with Crippen molar-refractivity contribution >= 4 is 23.4 Å². The molecule has 29 heavy (non-hydrogen) atoms. The lowest BCUT2D eigenvalue weighted by molar-refractivity contribution is -0.140. The van der Waals surface area contributed by atoms with Gasteiger partial charge in [-0.1, -0.05) is 42.8 Å². The van der Waals surface area contributed by atoms with Crippen molar-refractivity contribution in [3.05, 3.63) is 64.7 Å². The summed E-state index contributed by atoms with van der Waals surface area (Å²) in [6, 6.07) is 14.1. The highest BCUT2D eigenvalue weighted by atomic mass is 35.5. The van der Waals surface area contributed by atoms with Crippen LogP contribution in [0.2, 0.25) is 5.02 Å². The zero-order valence-corrected chi connectivity index (χ0v) is 18.2. The van der Waals surface area contributed by atoms with E-state index in [1.54, 1.807) is 31.1 Å². The zero-order valence-electron chi connectivity index (χ0n) is 17.4. The third kappa shape index (κ3) is 6.79. The van der Waals surface area contributed by atoms with Crippen LogP contribution in [0.3, 0.4) is 0 Å². The molecule has 0 aliphatic carbocycles. The van der Waals surface area contributed by atoms with Gasteiger partial charge >= 0.3 is 0 Å². The summed E-state index contributed by atoms with van der Waals surface area (Å²) in [7, 11) is 1.60. The molecule has 0 aliphatic rings. The minimum atomic E-state index is -0.592. The van der Waals surface area contributed by atoms with Crippen molar-refractivity contribution in [2.24, 2.45) is 0 Å². The molecule has 6 heteroatoms. The molecule has 0 fully saturated rings. The van der Waals surface area contributed by atoms with Crippen LogP contribution in [0.25, 0.3) is 0 Å². The van der Waals surface area contributed by atoms with Gasteiger partial charge in [-0.3, -0.25) is 9.59 Å². The quantitative estimate of drug-likeness (QED) is 0.665. The standard InChI is InChI=1S/C23H29ClN2O3/c1-5-16(2)25-23(28)17(3)26(15-19-6-10-20(24)11-7-19)22(27)14-18-8-12-21(29-4)13-9-18/h6-13,16-17H,5,14-15H2,1-4H3,(H,25,28). The maximum Gasteiger partial charge on any atom is 0.242 e. The smallest absolute Gasteiger partial charge is 0.242 e. The van der Waals surface area contributed by atoms with Gasteiger partial charge < -0.3 is 15.0 Å². The Morgan fingerprint density at radius 2 is 1.62 bits per heavy atom. The average molecular weight is 417 g/mol. The maximum absolute atomic E-state index is 13.1. The summed E-state index contributed by atoms with van der Waals surface area (Å²) in [5.74, 6) is 0.467. The molecule has 0 saturated heterocycles. The Morgan fingerprint density at radius 3 is 2.17 bits per heavy atom. The first kappa shape index (κ1) is 22.8. The van der Waals surface area contributed by atoms with Crippen LogP contribution in [0, 0.1) is 0 Å². The lowest BCUT2D eigenvalue weighted by Crippen LogP contribution is -2.49. The first-order valence-electron chi connectivity index (χ1n) is 9.81. The number of carbonyl (C=O) groups is 2. The molecule has 2 amide bonds. The van der Waals surface area contributed by atoms with Gasteiger partial charge in [0.1, 0.15) is 11.8 Å². The topological polar surface area (TPSA) is 58.6 Å². The molecule has 2 aromatic carbocycles. The molecule has 0 heterocycles. The van der Waals surface area contributed by atoms with Gasteiger partial charge in [-0.15, -0.1) is 0 Å². The van der Waals surface area contributed by atoms with Gasteiger partial charge in [-0.05, 0) is 55.7 Å². The third-order valence-electron chi connectivity index (χ3n) is 4.95. The largest absolute Gasteiger partial charge is 0.497 e. The van der Waals surface area contributed by atoms with Crippen LogP contribution in [0.4, 0.5) is 0 Å². The molecule has 5 nitrogen and oxygen atoms in total. The highest BCUT2D eigenvalue weighted by Gasteiger charge is 2.26. The Hall–Kier alpha value is -2.53. The Bertz CT molecular complexity index is 806. The van der Waals surface area contributed by atoms with E-state index < -0.39 is 6.04 Å². The number of rotatable bonds is 9. The number of methoxy groups -OCH3 is 1. The second kappa shape index (κ2) is 10.9. The van der Waals surface area contributed by atoms with Crippen molar-refractivity contribution in [1.82, 2.24) is 10.2 Å². The number of amides is 2. The van der Waals surface area contributed by atoms with E-state index in [1.165, 1.54) is 0 Å². The molecular weight excluding hydrogens is 388 g/mol. The number of nitrogens with one attached hydrogen (secondary N) is 1. The molecule has 0 saturated carbocycles. The van der Waals surface area contributed by atoms with Crippen molar-refractivity contribution < 1.29 is 14.3 Å². The van der Waals surface area contributed by atoms with E-state index in [4.69, 9.17) is 16.3 Å². The van der Waals surface area contributed by atoms with Gasteiger partial charge in [0.2, 0.25) is 11.8 Å². The number of ether oxygens (including phenoxy) is 1. The Balaban J connectivity index is 2.20. The molecular formula is C23H29ClN2O3. The number of carbonyl (C=O) groups excluding carboxylic acids is 2. The fourth-order valence-corrected chi connectivity index (χ4v) is 2.98. The van der Waals surface area contributed by atoms with E-state index in [9.17, 15) is 9.59 Å². The average Bonchev–Trinajstić information content (AvgIpc) is 2.73. The highest BCUT2D eigenvalue weighted by molar-refractivity contribution is 6.30. The maximum atomic E-state index is 13.1. The third-order valence-corrected chi connectivity index (χ3v) is 5.20. The van der Waals surface area contributed by atoms with E-state index in [2.05, 4.69) is 5.32 Å². The lowest BCUT2D eigenvalue weighted by atomic mass is 10.1. The van der Waals surface area contributed by atoms with Crippen LogP contribution in [0.1, 0.15) is 38.3 Å². The van der Waals surface area contributed by atoms with E-state index in [1.807, 2.05) is 50.2 Å². The molecule has 156 valence electrons. The van der Waals surface area contributed by atoms with Crippen LogP contribution in [0.15, 0.2) is 48.5 Å². The summed E-state index contributed by atoms with van der Waals surface area (Å²) in [5, 5.41) is 3.60. The SMILES string of the molecule is CCC(C)NC(=O)C(C)N(Cc1ccc(Cl)cc1)C(=O)Cc1ccc(OC)cc1. The van der Waals surface area contributed by atoms with Gasteiger partial charge in [0.05, 0.1) is 13.5 Å². The predicted molar refractivity (Wildman–Crippen MR) is 116 cm³/mol. The Kier molecular flexibility index (Phi) is 8.52. The van der Waals surface area contributed by atoms with Crippen molar-refractivity contribution in [2.75, 3.05) is 7.11 Å². The molecule has 2 atom stereocenters. The predicted octanol–water partition coefficient (Wildman–Crippen LogP) is 4.22. The number of halogens is 1. The summed E-state index contributed by atoms with van der Waals surface area (Å²) >= 11 is 5.97. The van der Waals surface area contributed by atoms with Gasteiger partial charge in [0.15, 0.2) is 0 Å². The monoisotopic (exact) mass is 416 g/mol. The summed E-state index contributed by atoms with van der Waals surface area (Å²) in [6.45, 7) is 6.06. The molecule has 1 N–H and O–H groups in total. The van der Waals surface area contributed by atoms with Gasteiger partial charge in [0.25, 0.3) is 0 Å². The highest BCUT2D eigenvalue weighted by Crippen LogP contribution is 2.17. The Labute approximate surface area is 178 Å². The lowest BCUT2D eigenvalue weighted by Gasteiger charge is -2.30. The minimum absolute atomic E-state index is 0.0547. The van der Waals surface area contributed by atoms with Crippen LogP contribution >= 0.6 is 11.6 Å². The fourth-order valence-electron chi connectivity index (χ4n) is 2.85. The molecule has 0 radical (unpaired) electrons. The number of benzene rings is 2. The van der Waals surface area contributed by atoms with Crippen molar-refractivity contribution in [2.45, 2.75) is 52.2 Å². The number of hydrogen-bond donors (Lipinski definition) is 1. The first-order valence-corrected chi connectivity index (χ1v) is 10.2. The van der Waals surface area contributed by atoms with Crippen LogP contribution in [0.5, 0.6) is 5.75 Å². The van der Waals surface area contributed by atoms with Crippen molar-refractivity contribution in [3.8, 4) is 5.75 Å². The van der Waals surface area contributed by atoms with Crippen molar-refractivity contribution in [3.63, 3.8) is 0 Å². The van der Waals surface area contributed by atoms with Crippen LogP contribution < -0.4 is 10.1 Å². The Morgan fingerprint density at radius 1 is 1.03 bits per heavy atom. The zero-order chi connectivity index (χ0) is 21.4. The summed E-state index contributed by atoms with van der Waals surface area (Å²) in [4.78, 5) is 27.4. The number of nitrogens with zero attached hydrogens (tertiary/aromatic N) is 1. The van der Waals surface area contributed by atoms with Gasteiger partial charge in [-0.2, -0.15) is 0 Å².